The third-order valence-corrected chi connectivity index (χ3v) is 5.54. The standard InChI is InChI=1S/C19H14N4O3S/c1-10-11(2)27-18(13(10)7-20)22-15(24)8-23-9-21-16-12-5-3-4-6-14(12)26-17(16)19(23)25/h3-6,9H,8H2,1-2H3,(H,22,24). The number of carbonyl (C=O) groups is 1. The summed E-state index contributed by atoms with van der Waals surface area (Å²) in [5.41, 5.74) is 2.04. The highest BCUT2D eigenvalue weighted by Gasteiger charge is 2.17. The summed E-state index contributed by atoms with van der Waals surface area (Å²) in [6, 6.07) is 9.35. The van der Waals surface area contributed by atoms with E-state index >= 15 is 0 Å². The number of anilines is 1. The minimum Gasteiger partial charge on any atom is -0.448 e. The molecule has 0 radical (unpaired) electrons. The van der Waals surface area contributed by atoms with Crippen molar-refractivity contribution in [3.63, 3.8) is 0 Å². The summed E-state index contributed by atoms with van der Waals surface area (Å²) >= 11 is 1.34. The number of nitrogens with one attached hydrogen (secondary N) is 1. The van der Waals surface area contributed by atoms with Crippen molar-refractivity contribution in [2.75, 3.05) is 5.32 Å². The van der Waals surface area contributed by atoms with Gasteiger partial charge in [0, 0.05) is 10.3 Å². The van der Waals surface area contributed by atoms with Gasteiger partial charge in [0.05, 0.1) is 11.9 Å². The van der Waals surface area contributed by atoms with Crippen molar-refractivity contribution in [3.05, 3.63) is 57.0 Å². The molecule has 1 aromatic carbocycles. The lowest BCUT2D eigenvalue weighted by Gasteiger charge is -2.05. The highest BCUT2D eigenvalue weighted by Crippen LogP contribution is 2.31. The molecule has 0 saturated carbocycles. The highest BCUT2D eigenvalue weighted by atomic mass is 32.1. The normalized spacial score (nSPS) is 11.0. The zero-order chi connectivity index (χ0) is 19.1. The number of aryl methyl sites for hydroxylation is 1. The molecule has 8 heteroatoms. The van der Waals surface area contributed by atoms with E-state index in [4.69, 9.17) is 4.42 Å². The van der Waals surface area contributed by atoms with Gasteiger partial charge in [0.25, 0.3) is 5.56 Å². The highest BCUT2D eigenvalue weighted by molar-refractivity contribution is 7.16. The third-order valence-electron chi connectivity index (χ3n) is 4.41. The Morgan fingerprint density at radius 2 is 2.15 bits per heavy atom. The van der Waals surface area contributed by atoms with Gasteiger partial charge in [-0.1, -0.05) is 12.1 Å². The molecule has 0 fully saturated rings. The molecule has 4 aromatic rings. The van der Waals surface area contributed by atoms with Gasteiger partial charge in [0.2, 0.25) is 11.5 Å². The summed E-state index contributed by atoms with van der Waals surface area (Å²) in [5.74, 6) is -0.410. The van der Waals surface area contributed by atoms with E-state index in [0.29, 0.717) is 21.7 Å². The summed E-state index contributed by atoms with van der Waals surface area (Å²) in [5, 5.41) is 13.2. The third kappa shape index (κ3) is 2.78. The van der Waals surface area contributed by atoms with Crippen LogP contribution in [0, 0.1) is 25.2 Å². The van der Waals surface area contributed by atoms with Crippen LogP contribution in [0.5, 0.6) is 0 Å². The van der Waals surface area contributed by atoms with Gasteiger partial charge in [0.15, 0.2) is 0 Å². The molecule has 7 nitrogen and oxygen atoms in total. The molecule has 0 unspecified atom stereocenters. The molecule has 0 atom stereocenters. The van der Waals surface area contributed by atoms with Crippen LogP contribution >= 0.6 is 11.3 Å². The van der Waals surface area contributed by atoms with Crippen LogP contribution < -0.4 is 10.9 Å². The van der Waals surface area contributed by atoms with E-state index in [1.807, 2.05) is 32.0 Å². The number of para-hydroxylation sites is 1. The van der Waals surface area contributed by atoms with Crippen LogP contribution in [0.2, 0.25) is 0 Å². The maximum Gasteiger partial charge on any atom is 0.297 e. The molecule has 4 rings (SSSR count). The number of thiophene rings is 1. The van der Waals surface area contributed by atoms with Crippen LogP contribution in [0.25, 0.3) is 22.1 Å². The summed E-state index contributed by atoms with van der Waals surface area (Å²) in [7, 11) is 0. The van der Waals surface area contributed by atoms with Crippen LogP contribution in [0.4, 0.5) is 5.00 Å². The Morgan fingerprint density at radius 1 is 1.37 bits per heavy atom. The van der Waals surface area contributed by atoms with Gasteiger partial charge in [-0.15, -0.1) is 11.3 Å². The SMILES string of the molecule is Cc1sc(NC(=O)Cn2cnc3c(oc4ccccc43)c2=O)c(C#N)c1C. The van der Waals surface area contributed by atoms with E-state index in [1.165, 1.54) is 22.2 Å². The number of fused-ring (bicyclic) bond motifs is 3. The van der Waals surface area contributed by atoms with Crippen molar-refractivity contribution in [3.8, 4) is 6.07 Å². The lowest BCUT2D eigenvalue weighted by atomic mass is 10.2. The molecule has 0 bridgehead atoms. The second-order valence-corrected chi connectivity index (χ2v) is 7.33. The summed E-state index contributed by atoms with van der Waals surface area (Å²) in [4.78, 5) is 30.3. The quantitative estimate of drug-likeness (QED) is 0.589. The zero-order valence-corrected chi connectivity index (χ0v) is 15.4. The Morgan fingerprint density at radius 3 is 2.93 bits per heavy atom. The number of benzene rings is 1. The number of nitrogens with zero attached hydrogens (tertiary/aromatic N) is 3. The Bertz CT molecular complexity index is 1310. The first-order valence-corrected chi connectivity index (χ1v) is 8.98. The van der Waals surface area contributed by atoms with Gasteiger partial charge in [0.1, 0.15) is 28.7 Å². The predicted molar refractivity (Wildman–Crippen MR) is 103 cm³/mol. The average Bonchev–Trinajstić information content (AvgIpc) is 3.15. The van der Waals surface area contributed by atoms with Crippen LogP contribution in [0.1, 0.15) is 16.0 Å². The molecular formula is C19H14N4O3S. The maximum absolute atomic E-state index is 12.7. The summed E-state index contributed by atoms with van der Waals surface area (Å²) in [6.07, 6.45) is 1.34. The van der Waals surface area contributed by atoms with Crippen molar-refractivity contribution in [1.29, 1.82) is 5.26 Å². The minimum atomic E-state index is -0.426. The number of aromatic nitrogens is 2. The van der Waals surface area contributed by atoms with E-state index in [1.54, 1.807) is 6.07 Å². The summed E-state index contributed by atoms with van der Waals surface area (Å²) < 4.78 is 6.80. The fraction of sp³-hybridized carbons (Fsp3) is 0.158. The number of amides is 1. The lowest BCUT2D eigenvalue weighted by molar-refractivity contribution is -0.116. The monoisotopic (exact) mass is 378 g/mol. The Kier molecular flexibility index (Phi) is 4.01. The minimum absolute atomic E-state index is 0.118. The molecule has 1 amide bonds. The van der Waals surface area contributed by atoms with Gasteiger partial charge in [-0.2, -0.15) is 5.26 Å². The van der Waals surface area contributed by atoms with E-state index < -0.39 is 11.5 Å². The molecule has 0 spiro atoms. The van der Waals surface area contributed by atoms with Gasteiger partial charge < -0.3 is 9.73 Å². The van der Waals surface area contributed by atoms with Crippen molar-refractivity contribution in [2.24, 2.45) is 0 Å². The molecule has 3 aromatic heterocycles. The number of carbonyl (C=O) groups excluding carboxylic acids is 1. The molecule has 0 saturated heterocycles. The largest absolute Gasteiger partial charge is 0.448 e. The molecule has 0 aliphatic carbocycles. The molecule has 27 heavy (non-hydrogen) atoms. The zero-order valence-electron chi connectivity index (χ0n) is 14.6. The van der Waals surface area contributed by atoms with Gasteiger partial charge >= 0.3 is 0 Å². The van der Waals surface area contributed by atoms with E-state index in [2.05, 4.69) is 16.4 Å². The van der Waals surface area contributed by atoms with Crippen molar-refractivity contribution in [1.82, 2.24) is 9.55 Å². The van der Waals surface area contributed by atoms with Gasteiger partial charge in [-0.25, -0.2) is 4.98 Å². The van der Waals surface area contributed by atoms with Crippen LogP contribution in [-0.2, 0) is 11.3 Å². The molecular weight excluding hydrogens is 364 g/mol. The van der Waals surface area contributed by atoms with E-state index in [9.17, 15) is 14.9 Å². The maximum atomic E-state index is 12.7. The van der Waals surface area contributed by atoms with E-state index in [-0.39, 0.29) is 12.1 Å². The number of furan rings is 1. The first-order valence-electron chi connectivity index (χ1n) is 8.16. The Labute approximate surface area is 157 Å². The van der Waals surface area contributed by atoms with Crippen molar-refractivity contribution >= 4 is 44.3 Å². The first-order chi connectivity index (χ1) is 13.0. The van der Waals surface area contributed by atoms with Gasteiger partial charge in [-0.3, -0.25) is 14.2 Å². The lowest BCUT2D eigenvalue weighted by Crippen LogP contribution is -2.27. The molecule has 0 aliphatic heterocycles. The fourth-order valence-electron chi connectivity index (χ4n) is 2.90. The van der Waals surface area contributed by atoms with Crippen LogP contribution in [0.3, 0.4) is 0 Å². The van der Waals surface area contributed by atoms with Crippen LogP contribution in [0.15, 0.2) is 39.8 Å². The Balaban J connectivity index is 1.66. The van der Waals surface area contributed by atoms with E-state index in [0.717, 1.165) is 15.8 Å². The molecule has 134 valence electrons. The predicted octanol–water partition coefficient (Wildman–Crippen LogP) is 3.33. The molecule has 0 aliphatic rings. The number of nitriles is 1. The van der Waals surface area contributed by atoms with Crippen molar-refractivity contribution in [2.45, 2.75) is 20.4 Å². The molecule has 3 heterocycles. The van der Waals surface area contributed by atoms with Gasteiger partial charge in [-0.05, 0) is 31.5 Å². The van der Waals surface area contributed by atoms with Crippen LogP contribution in [-0.4, -0.2) is 15.5 Å². The number of hydrogen-bond donors (Lipinski definition) is 1. The number of hydrogen-bond acceptors (Lipinski definition) is 6. The van der Waals surface area contributed by atoms with Crippen molar-refractivity contribution < 1.29 is 9.21 Å². The summed E-state index contributed by atoms with van der Waals surface area (Å²) in [6.45, 7) is 3.50. The first kappa shape index (κ1) is 17.0. The second-order valence-electron chi connectivity index (χ2n) is 6.10. The second kappa shape index (κ2) is 6.37. The Hall–Kier alpha value is -3.44. The topological polar surface area (TPSA) is 101 Å². The average molecular weight is 378 g/mol. The number of rotatable bonds is 3. The molecule has 1 N–H and O–H groups in total. The fourth-order valence-corrected chi connectivity index (χ4v) is 3.93. The smallest absolute Gasteiger partial charge is 0.297 e.